The molecule has 0 radical (unpaired) electrons. The van der Waals surface area contributed by atoms with Crippen LogP contribution in [0.3, 0.4) is 0 Å². The van der Waals surface area contributed by atoms with Crippen molar-refractivity contribution in [1.29, 1.82) is 0 Å². The van der Waals surface area contributed by atoms with Gasteiger partial charge in [0.15, 0.2) is 0 Å². The standard InChI is InChI=1S/C10H18N2O/c1-8(2)10-4-11-12(6-10)5-9(3)7-13/h4,6,8-9,13H,5,7H2,1-3H3. The maximum atomic E-state index is 8.87. The summed E-state index contributed by atoms with van der Waals surface area (Å²) < 4.78 is 1.90. The lowest BCUT2D eigenvalue weighted by molar-refractivity contribution is 0.219. The Kier molecular flexibility index (Phi) is 3.48. The van der Waals surface area contributed by atoms with E-state index in [4.69, 9.17) is 5.11 Å². The number of aromatic nitrogens is 2. The van der Waals surface area contributed by atoms with E-state index in [0.717, 1.165) is 6.54 Å². The van der Waals surface area contributed by atoms with E-state index in [0.29, 0.717) is 5.92 Å². The third-order valence-electron chi connectivity index (χ3n) is 2.13. The van der Waals surface area contributed by atoms with Gasteiger partial charge in [-0.1, -0.05) is 20.8 Å². The van der Waals surface area contributed by atoms with Gasteiger partial charge >= 0.3 is 0 Å². The molecule has 1 unspecified atom stereocenters. The molecule has 1 heterocycles. The first-order valence-corrected chi connectivity index (χ1v) is 4.76. The lowest BCUT2D eigenvalue weighted by atomic mass is 10.1. The van der Waals surface area contributed by atoms with Crippen molar-refractivity contribution in [2.24, 2.45) is 5.92 Å². The molecule has 1 aromatic heterocycles. The fourth-order valence-corrected chi connectivity index (χ4v) is 1.15. The molecule has 0 fully saturated rings. The maximum absolute atomic E-state index is 8.87. The van der Waals surface area contributed by atoms with E-state index in [1.807, 2.05) is 17.8 Å². The highest BCUT2D eigenvalue weighted by molar-refractivity contribution is 5.08. The van der Waals surface area contributed by atoms with Gasteiger partial charge in [0.1, 0.15) is 0 Å². The predicted molar refractivity (Wildman–Crippen MR) is 52.6 cm³/mol. The Bertz CT molecular complexity index is 255. The van der Waals surface area contributed by atoms with Crippen LogP contribution in [-0.2, 0) is 6.54 Å². The van der Waals surface area contributed by atoms with Crippen LogP contribution < -0.4 is 0 Å². The van der Waals surface area contributed by atoms with E-state index in [2.05, 4.69) is 25.1 Å². The minimum atomic E-state index is 0.219. The average Bonchev–Trinajstić information content (AvgIpc) is 2.52. The molecule has 0 saturated heterocycles. The number of hydrogen-bond donors (Lipinski definition) is 1. The molecule has 1 atom stereocenters. The first kappa shape index (κ1) is 10.3. The number of hydrogen-bond acceptors (Lipinski definition) is 2. The van der Waals surface area contributed by atoms with Crippen molar-refractivity contribution in [2.45, 2.75) is 33.2 Å². The van der Waals surface area contributed by atoms with Crippen LogP contribution in [0.4, 0.5) is 0 Å². The van der Waals surface area contributed by atoms with Crippen molar-refractivity contribution >= 4 is 0 Å². The van der Waals surface area contributed by atoms with Gasteiger partial charge in [-0.05, 0) is 17.4 Å². The third kappa shape index (κ3) is 2.84. The second kappa shape index (κ2) is 4.42. The van der Waals surface area contributed by atoms with Crippen LogP contribution in [0, 0.1) is 5.92 Å². The number of rotatable bonds is 4. The van der Waals surface area contributed by atoms with Crippen LogP contribution in [0.1, 0.15) is 32.3 Å². The molecule has 0 aromatic carbocycles. The van der Waals surface area contributed by atoms with Crippen LogP contribution in [0.25, 0.3) is 0 Å². The summed E-state index contributed by atoms with van der Waals surface area (Å²) in [4.78, 5) is 0. The van der Waals surface area contributed by atoms with Crippen LogP contribution in [0.5, 0.6) is 0 Å². The normalized spacial score (nSPS) is 13.6. The molecule has 13 heavy (non-hydrogen) atoms. The number of nitrogens with zero attached hydrogens (tertiary/aromatic N) is 2. The zero-order valence-electron chi connectivity index (χ0n) is 8.57. The van der Waals surface area contributed by atoms with Crippen molar-refractivity contribution < 1.29 is 5.11 Å². The molecular weight excluding hydrogens is 164 g/mol. The van der Waals surface area contributed by atoms with Crippen molar-refractivity contribution in [2.75, 3.05) is 6.61 Å². The fourth-order valence-electron chi connectivity index (χ4n) is 1.15. The molecule has 3 heteroatoms. The van der Waals surface area contributed by atoms with Gasteiger partial charge in [0, 0.05) is 19.3 Å². The van der Waals surface area contributed by atoms with Crippen LogP contribution in [-0.4, -0.2) is 21.5 Å². The Hall–Kier alpha value is -0.830. The second-order valence-corrected chi connectivity index (χ2v) is 3.94. The Balaban J connectivity index is 2.58. The molecular formula is C10H18N2O. The summed E-state index contributed by atoms with van der Waals surface area (Å²) in [5.41, 5.74) is 1.25. The van der Waals surface area contributed by atoms with Crippen molar-refractivity contribution in [1.82, 2.24) is 9.78 Å². The van der Waals surface area contributed by atoms with Crippen molar-refractivity contribution in [3.63, 3.8) is 0 Å². The van der Waals surface area contributed by atoms with Crippen LogP contribution in [0.2, 0.25) is 0 Å². The first-order chi connectivity index (χ1) is 6.13. The monoisotopic (exact) mass is 182 g/mol. The molecule has 0 spiro atoms. The molecule has 0 aliphatic heterocycles. The lowest BCUT2D eigenvalue weighted by Gasteiger charge is -2.06. The summed E-state index contributed by atoms with van der Waals surface area (Å²) in [6.45, 7) is 7.32. The zero-order chi connectivity index (χ0) is 9.84. The molecule has 1 aromatic rings. The van der Waals surface area contributed by atoms with Gasteiger partial charge in [0.25, 0.3) is 0 Å². The van der Waals surface area contributed by atoms with Crippen molar-refractivity contribution in [3.05, 3.63) is 18.0 Å². The number of aliphatic hydroxyl groups is 1. The Morgan fingerprint density at radius 1 is 1.46 bits per heavy atom. The SMILES string of the molecule is CC(CO)Cn1cc(C(C)C)cn1. The Labute approximate surface area is 79.4 Å². The molecule has 0 bridgehead atoms. The molecule has 1 N–H and O–H groups in total. The smallest absolute Gasteiger partial charge is 0.0524 e. The zero-order valence-corrected chi connectivity index (χ0v) is 8.57. The molecule has 0 aliphatic rings. The summed E-state index contributed by atoms with van der Waals surface area (Å²) in [6, 6.07) is 0. The van der Waals surface area contributed by atoms with E-state index in [9.17, 15) is 0 Å². The first-order valence-electron chi connectivity index (χ1n) is 4.76. The van der Waals surface area contributed by atoms with E-state index < -0.39 is 0 Å². The maximum Gasteiger partial charge on any atom is 0.0524 e. The third-order valence-corrected chi connectivity index (χ3v) is 2.13. The topological polar surface area (TPSA) is 38.0 Å². The average molecular weight is 182 g/mol. The molecule has 1 rings (SSSR count). The van der Waals surface area contributed by atoms with Gasteiger partial charge in [-0.3, -0.25) is 4.68 Å². The summed E-state index contributed by atoms with van der Waals surface area (Å²) in [5.74, 6) is 0.804. The van der Waals surface area contributed by atoms with E-state index in [1.165, 1.54) is 5.56 Å². The summed E-state index contributed by atoms with van der Waals surface area (Å²) in [7, 11) is 0. The predicted octanol–water partition coefficient (Wildman–Crippen LogP) is 1.63. The van der Waals surface area contributed by atoms with Crippen molar-refractivity contribution in [3.8, 4) is 0 Å². The van der Waals surface area contributed by atoms with Gasteiger partial charge in [-0.2, -0.15) is 5.10 Å². The molecule has 0 amide bonds. The highest BCUT2D eigenvalue weighted by Crippen LogP contribution is 2.12. The molecule has 0 aliphatic carbocycles. The molecule has 3 nitrogen and oxygen atoms in total. The summed E-state index contributed by atoms with van der Waals surface area (Å²) >= 11 is 0. The van der Waals surface area contributed by atoms with Crippen LogP contribution >= 0.6 is 0 Å². The molecule has 74 valence electrons. The van der Waals surface area contributed by atoms with Gasteiger partial charge in [0.2, 0.25) is 0 Å². The highest BCUT2D eigenvalue weighted by Gasteiger charge is 2.05. The minimum Gasteiger partial charge on any atom is -0.396 e. The van der Waals surface area contributed by atoms with Gasteiger partial charge in [0.05, 0.1) is 6.20 Å². The highest BCUT2D eigenvalue weighted by atomic mass is 16.3. The van der Waals surface area contributed by atoms with E-state index in [-0.39, 0.29) is 12.5 Å². The quantitative estimate of drug-likeness (QED) is 0.768. The summed E-state index contributed by atoms with van der Waals surface area (Å²) in [5, 5.41) is 13.1. The number of aliphatic hydroxyl groups excluding tert-OH is 1. The Morgan fingerprint density at radius 3 is 2.62 bits per heavy atom. The minimum absolute atomic E-state index is 0.219. The van der Waals surface area contributed by atoms with E-state index in [1.54, 1.807) is 0 Å². The van der Waals surface area contributed by atoms with Gasteiger partial charge in [-0.25, -0.2) is 0 Å². The van der Waals surface area contributed by atoms with Crippen LogP contribution in [0.15, 0.2) is 12.4 Å². The Morgan fingerprint density at radius 2 is 2.15 bits per heavy atom. The lowest BCUT2D eigenvalue weighted by Crippen LogP contribution is -2.11. The second-order valence-electron chi connectivity index (χ2n) is 3.94. The van der Waals surface area contributed by atoms with Gasteiger partial charge < -0.3 is 5.11 Å². The van der Waals surface area contributed by atoms with E-state index >= 15 is 0 Å². The van der Waals surface area contributed by atoms with Gasteiger partial charge in [-0.15, -0.1) is 0 Å². The fraction of sp³-hybridized carbons (Fsp3) is 0.700. The largest absolute Gasteiger partial charge is 0.396 e. The summed E-state index contributed by atoms with van der Waals surface area (Å²) in [6.07, 6.45) is 3.95. The molecule has 0 saturated carbocycles.